The Morgan fingerprint density at radius 2 is 1.83 bits per heavy atom. The van der Waals surface area contributed by atoms with Crippen LogP contribution in [0.1, 0.15) is 19.4 Å². The van der Waals surface area contributed by atoms with Crippen molar-refractivity contribution in [2.24, 2.45) is 5.73 Å². The van der Waals surface area contributed by atoms with Gasteiger partial charge in [0.15, 0.2) is 0 Å². The maximum atomic E-state index is 9.45. The van der Waals surface area contributed by atoms with E-state index in [2.05, 4.69) is 31.2 Å². The standard InChI is InChI=1S/C10H15NS.C3H6O3/c1-9(7-11)12-8-10-5-3-2-4-6-10;1-2(4)3(5)6/h2-6,9H,7-8,11H2,1H3;2,4H,1H3,(H,5,6). The molecule has 2 atom stereocenters. The molecule has 102 valence electrons. The maximum absolute atomic E-state index is 9.45. The molecule has 0 radical (unpaired) electrons. The van der Waals surface area contributed by atoms with Crippen LogP contribution in [0.3, 0.4) is 0 Å². The highest BCUT2D eigenvalue weighted by Gasteiger charge is 2.01. The summed E-state index contributed by atoms with van der Waals surface area (Å²) >= 11 is 1.90. The topological polar surface area (TPSA) is 83.5 Å². The highest BCUT2D eigenvalue weighted by Crippen LogP contribution is 2.15. The summed E-state index contributed by atoms with van der Waals surface area (Å²) in [6.07, 6.45) is -1.23. The molecule has 4 N–H and O–H groups in total. The number of benzene rings is 1. The molecule has 0 heterocycles. The average molecular weight is 271 g/mol. The molecule has 1 rings (SSSR count). The largest absolute Gasteiger partial charge is 0.479 e. The van der Waals surface area contributed by atoms with Gasteiger partial charge in [-0.1, -0.05) is 37.3 Å². The molecule has 1 aromatic rings. The number of carboxylic acids is 1. The summed E-state index contributed by atoms with van der Waals surface area (Å²) in [7, 11) is 0. The lowest BCUT2D eigenvalue weighted by Gasteiger charge is -2.07. The number of aliphatic hydroxyl groups is 1. The number of thioether (sulfide) groups is 1. The maximum Gasteiger partial charge on any atom is 0.332 e. The van der Waals surface area contributed by atoms with Gasteiger partial charge in [-0.3, -0.25) is 0 Å². The van der Waals surface area contributed by atoms with E-state index in [0.29, 0.717) is 5.25 Å². The third-order valence-corrected chi connectivity index (χ3v) is 3.33. The first-order valence-corrected chi connectivity index (χ1v) is 6.78. The quantitative estimate of drug-likeness (QED) is 0.759. The van der Waals surface area contributed by atoms with Crippen LogP contribution in [0, 0.1) is 0 Å². The van der Waals surface area contributed by atoms with E-state index in [1.54, 1.807) is 0 Å². The molecule has 4 nitrogen and oxygen atoms in total. The van der Waals surface area contributed by atoms with Gasteiger partial charge in [0.05, 0.1) is 0 Å². The normalized spacial score (nSPS) is 13.1. The van der Waals surface area contributed by atoms with Gasteiger partial charge in [0.1, 0.15) is 6.10 Å². The summed E-state index contributed by atoms with van der Waals surface area (Å²) in [5, 5.41) is 16.3. The number of hydrogen-bond donors (Lipinski definition) is 3. The molecule has 5 heteroatoms. The molecule has 0 aliphatic rings. The van der Waals surface area contributed by atoms with Crippen molar-refractivity contribution in [1.29, 1.82) is 0 Å². The molecule has 18 heavy (non-hydrogen) atoms. The SMILES string of the molecule is CC(CN)SCc1ccccc1.CC(O)C(=O)O. The van der Waals surface area contributed by atoms with Gasteiger partial charge in [-0.25, -0.2) is 4.79 Å². The molecule has 0 amide bonds. The zero-order valence-corrected chi connectivity index (χ0v) is 11.6. The fourth-order valence-electron chi connectivity index (χ4n) is 0.881. The molecule has 2 unspecified atom stereocenters. The van der Waals surface area contributed by atoms with E-state index in [0.717, 1.165) is 12.3 Å². The Labute approximate surface area is 112 Å². The van der Waals surface area contributed by atoms with Crippen molar-refractivity contribution in [3.63, 3.8) is 0 Å². The van der Waals surface area contributed by atoms with E-state index >= 15 is 0 Å². The monoisotopic (exact) mass is 271 g/mol. The van der Waals surface area contributed by atoms with Crippen LogP contribution in [-0.2, 0) is 10.5 Å². The molecule has 0 spiro atoms. The Balaban J connectivity index is 0.000000411. The Morgan fingerprint density at radius 3 is 2.22 bits per heavy atom. The third kappa shape index (κ3) is 9.04. The van der Waals surface area contributed by atoms with Gasteiger partial charge in [0, 0.05) is 17.5 Å². The van der Waals surface area contributed by atoms with Gasteiger partial charge in [0.2, 0.25) is 0 Å². The Kier molecular flexibility index (Phi) is 9.36. The molecule has 0 bridgehead atoms. The van der Waals surface area contributed by atoms with Crippen molar-refractivity contribution >= 4 is 17.7 Å². The van der Waals surface area contributed by atoms with Crippen LogP contribution in [-0.4, -0.2) is 34.1 Å². The fourth-order valence-corrected chi connectivity index (χ4v) is 1.69. The van der Waals surface area contributed by atoms with Gasteiger partial charge in [-0.15, -0.1) is 0 Å². The smallest absolute Gasteiger partial charge is 0.332 e. The second-order valence-electron chi connectivity index (χ2n) is 3.86. The zero-order chi connectivity index (χ0) is 14.0. The Hall–Kier alpha value is -1.04. The lowest BCUT2D eigenvalue weighted by Crippen LogP contribution is -2.13. The van der Waals surface area contributed by atoms with Crippen molar-refractivity contribution in [3.05, 3.63) is 35.9 Å². The van der Waals surface area contributed by atoms with Gasteiger partial charge >= 0.3 is 5.97 Å². The van der Waals surface area contributed by atoms with Crippen LogP contribution in [0.25, 0.3) is 0 Å². The molecule has 0 fully saturated rings. The number of nitrogens with two attached hydrogens (primary N) is 1. The van der Waals surface area contributed by atoms with Crippen LogP contribution < -0.4 is 5.73 Å². The number of carbonyl (C=O) groups is 1. The Bertz CT molecular complexity index is 330. The van der Waals surface area contributed by atoms with Gasteiger partial charge in [-0.05, 0) is 12.5 Å². The van der Waals surface area contributed by atoms with E-state index in [1.807, 2.05) is 17.8 Å². The van der Waals surface area contributed by atoms with Crippen molar-refractivity contribution < 1.29 is 15.0 Å². The summed E-state index contributed by atoms with van der Waals surface area (Å²) in [5.74, 6) is -0.117. The van der Waals surface area contributed by atoms with Crippen molar-refractivity contribution in [2.75, 3.05) is 6.54 Å². The van der Waals surface area contributed by atoms with Crippen LogP contribution in [0.2, 0.25) is 0 Å². The minimum Gasteiger partial charge on any atom is -0.479 e. The minimum absolute atomic E-state index is 0.560. The molecule has 0 saturated carbocycles. The van der Waals surface area contributed by atoms with Crippen LogP contribution >= 0.6 is 11.8 Å². The second-order valence-corrected chi connectivity index (χ2v) is 5.28. The first-order chi connectivity index (χ1) is 8.47. The zero-order valence-electron chi connectivity index (χ0n) is 10.7. The predicted molar refractivity (Wildman–Crippen MR) is 75.6 cm³/mol. The van der Waals surface area contributed by atoms with E-state index in [4.69, 9.17) is 15.9 Å². The average Bonchev–Trinajstić information content (AvgIpc) is 2.37. The number of aliphatic hydroxyl groups excluding tert-OH is 1. The Morgan fingerprint density at radius 1 is 1.33 bits per heavy atom. The van der Waals surface area contributed by atoms with Crippen molar-refractivity contribution in [3.8, 4) is 0 Å². The summed E-state index contributed by atoms with van der Waals surface area (Å²) in [6.45, 7) is 4.12. The summed E-state index contributed by atoms with van der Waals surface area (Å²) in [5.41, 5.74) is 6.89. The van der Waals surface area contributed by atoms with Crippen molar-refractivity contribution in [1.82, 2.24) is 0 Å². The molecule has 0 saturated heterocycles. The van der Waals surface area contributed by atoms with Crippen LogP contribution in [0.4, 0.5) is 0 Å². The number of hydrogen-bond acceptors (Lipinski definition) is 4. The number of rotatable bonds is 5. The highest BCUT2D eigenvalue weighted by atomic mass is 32.2. The summed E-state index contributed by atoms with van der Waals surface area (Å²) in [6, 6.07) is 10.5. The molecule has 0 aliphatic carbocycles. The summed E-state index contributed by atoms with van der Waals surface area (Å²) in [4.78, 5) is 9.45. The summed E-state index contributed by atoms with van der Waals surface area (Å²) < 4.78 is 0. The lowest BCUT2D eigenvalue weighted by atomic mass is 10.2. The van der Waals surface area contributed by atoms with Gasteiger partial charge < -0.3 is 15.9 Å². The second kappa shape index (κ2) is 9.94. The lowest BCUT2D eigenvalue weighted by molar-refractivity contribution is -0.145. The first kappa shape index (κ1) is 17.0. The van der Waals surface area contributed by atoms with E-state index in [9.17, 15) is 4.79 Å². The fraction of sp³-hybridized carbons (Fsp3) is 0.462. The number of aliphatic carboxylic acids is 1. The first-order valence-electron chi connectivity index (χ1n) is 5.73. The highest BCUT2D eigenvalue weighted by molar-refractivity contribution is 7.99. The van der Waals surface area contributed by atoms with Crippen LogP contribution in [0.15, 0.2) is 30.3 Å². The molecular formula is C13H21NO3S. The van der Waals surface area contributed by atoms with Crippen LogP contribution in [0.5, 0.6) is 0 Å². The number of carboxylic acid groups (broad SMARTS) is 1. The van der Waals surface area contributed by atoms with E-state index in [1.165, 1.54) is 12.5 Å². The molecule has 1 aromatic carbocycles. The van der Waals surface area contributed by atoms with Crippen molar-refractivity contribution in [2.45, 2.75) is 31.0 Å². The molecular weight excluding hydrogens is 250 g/mol. The minimum atomic E-state index is -1.23. The van der Waals surface area contributed by atoms with Gasteiger partial charge in [0.25, 0.3) is 0 Å². The predicted octanol–water partition coefficient (Wildman–Crippen LogP) is 1.72. The molecule has 0 aliphatic heterocycles. The van der Waals surface area contributed by atoms with E-state index < -0.39 is 12.1 Å². The van der Waals surface area contributed by atoms with Gasteiger partial charge in [-0.2, -0.15) is 11.8 Å². The van der Waals surface area contributed by atoms with E-state index in [-0.39, 0.29) is 0 Å². The third-order valence-electron chi connectivity index (χ3n) is 2.07. The molecule has 0 aromatic heterocycles.